The summed E-state index contributed by atoms with van der Waals surface area (Å²) >= 11 is 0. The van der Waals surface area contributed by atoms with E-state index in [2.05, 4.69) is 0 Å². The monoisotopic (exact) mass is 190 g/mol. The van der Waals surface area contributed by atoms with Gasteiger partial charge in [-0.2, -0.15) is 0 Å². The van der Waals surface area contributed by atoms with Crippen molar-refractivity contribution < 1.29 is 9.90 Å². The number of benzene rings is 1. The van der Waals surface area contributed by atoms with Crippen molar-refractivity contribution in [1.29, 1.82) is 0 Å². The molecule has 1 aromatic carbocycles. The largest absolute Gasteiger partial charge is 0.478 e. The van der Waals surface area contributed by atoms with Crippen molar-refractivity contribution in [1.82, 2.24) is 0 Å². The molecule has 1 N–H and O–H groups in total. The number of hydrogen-bond acceptors (Lipinski definition) is 1. The van der Waals surface area contributed by atoms with Gasteiger partial charge in [0.2, 0.25) is 0 Å². The summed E-state index contributed by atoms with van der Waals surface area (Å²) < 4.78 is 0. The van der Waals surface area contributed by atoms with Crippen LogP contribution < -0.4 is 0 Å². The number of carboxylic acid groups (broad SMARTS) is 1. The van der Waals surface area contributed by atoms with Gasteiger partial charge >= 0.3 is 5.97 Å². The molecular weight excluding hydrogens is 176 g/mol. The van der Waals surface area contributed by atoms with Crippen LogP contribution in [0.5, 0.6) is 0 Å². The topological polar surface area (TPSA) is 37.3 Å². The van der Waals surface area contributed by atoms with Crippen LogP contribution in [0.25, 0.3) is 0 Å². The maximum atomic E-state index is 10.4. The molecule has 0 fully saturated rings. The van der Waals surface area contributed by atoms with Crippen LogP contribution in [0.3, 0.4) is 0 Å². The van der Waals surface area contributed by atoms with E-state index in [4.69, 9.17) is 5.11 Å². The second kappa shape index (κ2) is 4.09. The number of carbonyl (C=O) groups is 1. The zero-order chi connectivity index (χ0) is 10.6. The molecule has 0 aliphatic heterocycles. The summed E-state index contributed by atoms with van der Waals surface area (Å²) in [6.07, 6.45) is 2.89. The van der Waals surface area contributed by atoms with E-state index in [0.717, 1.165) is 5.56 Å². The third kappa shape index (κ3) is 2.73. The van der Waals surface area contributed by atoms with E-state index in [1.165, 1.54) is 6.08 Å². The molecule has 1 rings (SSSR count). The molecule has 0 spiro atoms. The van der Waals surface area contributed by atoms with Gasteiger partial charge in [-0.15, -0.1) is 0 Å². The van der Waals surface area contributed by atoms with E-state index in [1.807, 2.05) is 44.2 Å². The molecular formula is C12H14O2. The van der Waals surface area contributed by atoms with Crippen LogP contribution >= 0.6 is 0 Å². The fourth-order valence-corrected chi connectivity index (χ4v) is 1.24. The molecule has 0 unspecified atom stereocenters. The lowest BCUT2D eigenvalue weighted by atomic mass is 9.84. The highest BCUT2D eigenvalue weighted by Gasteiger charge is 2.16. The maximum Gasteiger partial charge on any atom is 0.328 e. The van der Waals surface area contributed by atoms with E-state index < -0.39 is 5.97 Å². The second-order valence-corrected chi connectivity index (χ2v) is 3.76. The molecule has 0 aliphatic carbocycles. The van der Waals surface area contributed by atoms with Crippen molar-refractivity contribution >= 4 is 5.97 Å². The Labute approximate surface area is 83.9 Å². The number of hydrogen-bond donors (Lipinski definition) is 1. The maximum absolute atomic E-state index is 10.4. The van der Waals surface area contributed by atoms with Gasteiger partial charge in [-0.1, -0.05) is 50.3 Å². The second-order valence-electron chi connectivity index (χ2n) is 3.76. The molecule has 74 valence electrons. The van der Waals surface area contributed by atoms with Crippen molar-refractivity contribution in [2.75, 3.05) is 0 Å². The van der Waals surface area contributed by atoms with Gasteiger partial charge in [0.05, 0.1) is 0 Å². The normalized spacial score (nSPS) is 11.9. The molecule has 14 heavy (non-hydrogen) atoms. The summed E-state index contributed by atoms with van der Waals surface area (Å²) in [6, 6.07) is 9.83. The minimum absolute atomic E-state index is 0.236. The lowest BCUT2D eigenvalue weighted by Crippen LogP contribution is -2.13. The van der Waals surface area contributed by atoms with E-state index in [9.17, 15) is 4.79 Å². The molecule has 1 aromatic rings. The van der Waals surface area contributed by atoms with Gasteiger partial charge in [0, 0.05) is 11.5 Å². The lowest BCUT2D eigenvalue weighted by Gasteiger charge is -2.20. The molecule has 0 aliphatic rings. The first-order valence-electron chi connectivity index (χ1n) is 4.50. The molecule has 0 saturated heterocycles. The van der Waals surface area contributed by atoms with Crippen LogP contribution in [-0.4, -0.2) is 11.1 Å². The molecule has 0 radical (unpaired) electrons. The van der Waals surface area contributed by atoms with Crippen molar-refractivity contribution in [3.63, 3.8) is 0 Å². The van der Waals surface area contributed by atoms with Crippen molar-refractivity contribution in [2.45, 2.75) is 19.3 Å². The summed E-state index contributed by atoms with van der Waals surface area (Å²) in [4.78, 5) is 10.4. The minimum Gasteiger partial charge on any atom is -0.478 e. The average Bonchev–Trinajstić information content (AvgIpc) is 2.16. The number of allylic oxidation sites excluding steroid dienone is 1. The van der Waals surface area contributed by atoms with Crippen LogP contribution in [0.4, 0.5) is 0 Å². The lowest BCUT2D eigenvalue weighted by molar-refractivity contribution is -0.131. The Morgan fingerprint density at radius 2 is 1.86 bits per heavy atom. The number of rotatable bonds is 3. The Hall–Kier alpha value is -1.57. The van der Waals surface area contributed by atoms with Gasteiger partial charge in [0.25, 0.3) is 0 Å². The first-order valence-corrected chi connectivity index (χ1v) is 4.50. The number of aliphatic carboxylic acids is 1. The Balaban J connectivity index is 2.91. The minimum atomic E-state index is -0.908. The third-order valence-corrected chi connectivity index (χ3v) is 2.16. The summed E-state index contributed by atoms with van der Waals surface area (Å²) in [5.41, 5.74) is 0.872. The summed E-state index contributed by atoms with van der Waals surface area (Å²) in [7, 11) is 0. The van der Waals surface area contributed by atoms with Crippen LogP contribution in [0, 0.1) is 0 Å². The summed E-state index contributed by atoms with van der Waals surface area (Å²) in [5, 5.41) is 8.54. The average molecular weight is 190 g/mol. The molecule has 0 atom stereocenters. The smallest absolute Gasteiger partial charge is 0.328 e. The SMILES string of the molecule is CC(C)(C=CC(=O)O)c1ccccc1. The van der Waals surface area contributed by atoms with E-state index in [1.54, 1.807) is 6.08 Å². The van der Waals surface area contributed by atoms with Crippen molar-refractivity contribution in [3.8, 4) is 0 Å². The Kier molecular flexibility index (Phi) is 3.07. The highest BCUT2D eigenvalue weighted by Crippen LogP contribution is 2.23. The fraction of sp³-hybridized carbons (Fsp3) is 0.250. The molecule has 0 amide bonds. The van der Waals surface area contributed by atoms with Crippen LogP contribution in [0.15, 0.2) is 42.5 Å². The molecule has 0 bridgehead atoms. The van der Waals surface area contributed by atoms with E-state index in [0.29, 0.717) is 0 Å². The first kappa shape index (κ1) is 10.5. The van der Waals surface area contributed by atoms with E-state index >= 15 is 0 Å². The van der Waals surface area contributed by atoms with Gasteiger partial charge in [0.1, 0.15) is 0 Å². The van der Waals surface area contributed by atoms with Gasteiger partial charge in [-0.25, -0.2) is 4.79 Å². The highest BCUT2D eigenvalue weighted by atomic mass is 16.4. The molecule has 2 heteroatoms. The Morgan fingerprint density at radius 1 is 1.29 bits per heavy atom. The first-order chi connectivity index (χ1) is 6.52. The predicted octanol–water partition coefficient (Wildman–Crippen LogP) is 2.61. The van der Waals surface area contributed by atoms with Gasteiger partial charge in [0.15, 0.2) is 0 Å². The van der Waals surface area contributed by atoms with Crippen LogP contribution in [0.2, 0.25) is 0 Å². The highest BCUT2D eigenvalue weighted by molar-refractivity contribution is 5.80. The summed E-state index contributed by atoms with van der Waals surface area (Å²) in [6.45, 7) is 3.98. The number of carboxylic acids is 1. The third-order valence-electron chi connectivity index (χ3n) is 2.16. The fourth-order valence-electron chi connectivity index (χ4n) is 1.24. The van der Waals surface area contributed by atoms with Gasteiger partial charge in [-0.05, 0) is 5.56 Å². The quantitative estimate of drug-likeness (QED) is 0.744. The zero-order valence-electron chi connectivity index (χ0n) is 8.40. The van der Waals surface area contributed by atoms with Gasteiger partial charge < -0.3 is 5.11 Å². The standard InChI is InChI=1S/C12H14O2/c1-12(2,9-8-11(13)14)10-6-4-3-5-7-10/h3-9H,1-2H3,(H,13,14). The molecule has 0 saturated carbocycles. The van der Waals surface area contributed by atoms with Crippen molar-refractivity contribution in [3.05, 3.63) is 48.0 Å². The van der Waals surface area contributed by atoms with Crippen LogP contribution in [0.1, 0.15) is 19.4 Å². The Bertz CT molecular complexity index is 337. The molecule has 0 heterocycles. The Morgan fingerprint density at radius 3 is 2.36 bits per heavy atom. The van der Waals surface area contributed by atoms with Crippen molar-refractivity contribution in [2.24, 2.45) is 0 Å². The predicted molar refractivity (Wildman–Crippen MR) is 56.2 cm³/mol. The van der Waals surface area contributed by atoms with Gasteiger partial charge in [-0.3, -0.25) is 0 Å². The van der Waals surface area contributed by atoms with Crippen LogP contribution in [-0.2, 0) is 10.2 Å². The molecule has 0 aromatic heterocycles. The zero-order valence-corrected chi connectivity index (χ0v) is 8.40. The molecule has 2 nitrogen and oxygen atoms in total. The van der Waals surface area contributed by atoms with E-state index in [-0.39, 0.29) is 5.41 Å². The summed E-state index contributed by atoms with van der Waals surface area (Å²) in [5.74, 6) is -0.908.